The zero-order chi connectivity index (χ0) is 20.5. The lowest BCUT2D eigenvalue weighted by Gasteiger charge is -2.21. The van der Waals surface area contributed by atoms with Crippen molar-refractivity contribution < 1.29 is 21.6 Å². The van der Waals surface area contributed by atoms with Gasteiger partial charge in [0.25, 0.3) is 10.0 Å². The predicted octanol–water partition coefficient (Wildman–Crippen LogP) is 3.47. The summed E-state index contributed by atoms with van der Waals surface area (Å²) in [5.74, 6) is 0.622. The standard InChI is InChI=1S/C20H21NO5S2/c1-4-26-19-13-14-20(18-8-6-5-7-17(18)19)28(24,25)21(2)15-9-11-16(12-10-15)27(3,22)23/h5-14H,4H2,1-3H3. The fourth-order valence-corrected chi connectivity index (χ4v) is 4.96. The molecule has 0 spiro atoms. The Bertz CT molecular complexity index is 1220. The van der Waals surface area contributed by atoms with E-state index in [0.717, 1.165) is 10.6 Å². The summed E-state index contributed by atoms with van der Waals surface area (Å²) < 4.78 is 56.5. The molecule has 0 saturated heterocycles. The first-order chi connectivity index (χ1) is 13.2. The highest BCUT2D eigenvalue weighted by Crippen LogP contribution is 2.33. The van der Waals surface area contributed by atoms with E-state index in [1.165, 1.54) is 37.4 Å². The van der Waals surface area contributed by atoms with Gasteiger partial charge in [0, 0.05) is 24.1 Å². The predicted molar refractivity (Wildman–Crippen MR) is 110 cm³/mol. The number of anilines is 1. The van der Waals surface area contributed by atoms with Crippen molar-refractivity contribution in [2.45, 2.75) is 16.7 Å². The molecule has 0 atom stereocenters. The van der Waals surface area contributed by atoms with Crippen LogP contribution in [0, 0.1) is 0 Å². The van der Waals surface area contributed by atoms with E-state index in [9.17, 15) is 16.8 Å². The summed E-state index contributed by atoms with van der Waals surface area (Å²) in [7, 11) is -5.78. The van der Waals surface area contributed by atoms with E-state index in [0.29, 0.717) is 28.8 Å². The summed E-state index contributed by atoms with van der Waals surface area (Å²) in [6.07, 6.45) is 1.11. The molecule has 3 aromatic carbocycles. The van der Waals surface area contributed by atoms with Crippen LogP contribution in [0.1, 0.15) is 6.92 Å². The molecule has 0 N–H and O–H groups in total. The molecule has 0 bridgehead atoms. The quantitative estimate of drug-likeness (QED) is 0.611. The molecular formula is C20H21NO5S2. The van der Waals surface area contributed by atoms with Crippen LogP contribution < -0.4 is 9.04 Å². The van der Waals surface area contributed by atoms with Crippen molar-refractivity contribution in [1.82, 2.24) is 0 Å². The van der Waals surface area contributed by atoms with Crippen molar-refractivity contribution >= 4 is 36.3 Å². The number of benzene rings is 3. The van der Waals surface area contributed by atoms with Crippen LogP contribution in [0.3, 0.4) is 0 Å². The highest BCUT2D eigenvalue weighted by Gasteiger charge is 2.25. The summed E-state index contributed by atoms with van der Waals surface area (Å²) >= 11 is 0. The number of hydrogen-bond donors (Lipinski definition) is 0. The molecule has 148 valence electrons. The van der Waals surface area contributed by atoms with Gasteiger partial charge in [0.2, 0.25) is 0 Å². The van der Waals surface area contributed by atoms with Gasteiger partial charge in [-0.1, -0.05) is 24.3 Å². The maximum absolute atomic E-state index is 13.3. The second-order valence-corrected chi connectivity index (χ2v) is 10.2. The molecule has 28 heavy (non-hydrogen) atoms. The fraction of sp³-hybridized carbons (Fsp3) is 0.200. The first-order valence-electron chi connectivity index (χ1n) is 8.60. The van der Waals surface area contributed by atoms with Gasteiger partial charge in [0.05, 0.1) is 22.1 Å². The highest BCUT2D eigenvalue weighted by atomic mass is 32.2. The molecular weight excluding hydrogens is 398 g/mol. The van der Waals surface area contributed by atoms with Crippen molar-refractivity contribution in [2.75, 3.05) is 24.2 Å². The number of fused-ring (bicyclic) bond motifs is 1. The maximum atomic E-state index is 13.3. The molecule has 3 aromatic rings. The topological polar surface area (TPSA) is 80.8 Å². The second kappa shape index (κ2) is 7.44. The number of ether oxygens (including phenoxy) is 1. The van der Waals surface area contributed by atoms with E-state index >= 15 is 0 Å². The monoisotopic (exact) mass is 419 g/mol. The molecule has 0 unspecified atom stereocenters. The van der Waals surface area contributed by atoms with Crippen LogP contribution >= 0.6 is 0 Å². The Morgan fingerprint density at radius 1 is 0.857 bits per heavy atom. The third kappa shape index (κ3) is 3.70. The molecule has 0 fully saturated rings. The summed E-state index contributed by atoms with van der Waals surface area (Å²) in [4.78, 5) is 0.287. The van der Waals surface area contributed by atoms with E-state index < -0.39 is 19.9 Å². The van der Waals surface area contributed by atoms with Gasteiger partial charge < -0.3 is 4.74 Å². The summed E-state index contributed by atoms with van der Waals surface area (Å²) in [6.45, 7) is 2.34. The molecule has 0 saturated carbocycles. The molecule has 0 aromatic heterocycles. The van der Waals surface area contributed by atoms with Crippen LogP contribution in [-0.2, 0) is 19.9 Å². The Kier molecular flexibility index (Phi) is 5.36. The maximum Gasteiger partial charge on any atom is 0.264 e. The first kappa shape index (κ1) is 20.2. The van der Waals surface area contributed by atoms with Gasteiger partial charge in [-0.25, -0.2) is 16.8 Å². The Labute approximate surface area is 165 Å². The van der Waals surface area contributed by atoms with E-state index in [1.54, 1.807) is 18.2 Å². The van der Waals surface area contributed by atoms with Crippen molar-refractivity contribution in [3.05, 3.63) is 60.7 Å². The van der Waals surface area contributed by atoms with Gasteiger partial charge in [-0.2, -0.15) is 0 Å². The van der Waals surface area contributed by atoms with Crippen molar-refractivity contribution in [3.8, 4) is 5.75 Å². The number of sulfonamides is 1. The van der Waals surface area contributed by atoms with Crippen LogP contribution in [0.25, 0.3) is 10.8 Å². The third-order valence-electron chi connectivity index (χ3n) is 4.41. The van der Waals surface area contributed by atoms with Crippen molar-refractivity contribution in [3.63, 3.8) is 0 Å². The number of rotatable bonds is 6. The Morgan fingerprint density at radius 3 is 2.04 bits per heavy atom. The molecule has 0 amide bonds. The van der Waals surface area contributed by atoms with E-state index in [4.69, 9.17) is 4.74 Å². The highest BCUT2D eigenvalue weighted by molar-refractivity contribution is 7.93. The molecule has 0 aliphatic carbocycles. The summed E-state index contributed by atoms with van der Waals surface area (Å²) in [5.41, 5.74) is 0.366. The van der Waals surface area contributed by atoms with Crippen LogP contribution in [0.2, 0.25) is 0 Å². The zero-order valence-corrected chi connectivity index (χ0v) is 17.4. The van der Waals surface area contributed by atoms with Gasteiger partial charge in [0.15, 0.2) is 9.84 Å². The van der Waals surface area contributed by atoms with Crippen molar-refractivity contribution in [1.29, 1.82) is 0 Å². The normalized spacial score (nSPS) is 12.1. The lowest BCUT2D eigenvalue weighted by atomic mass is 10.1. The first-order valence-corrected chi connectivity index (χ1v) is 11.9. The molecule has 8 heteroatoms. The number of hydrogen-bond acceptors (Lipinski definition) is 5. The second-order valence-electron chi connectivity index (χ2n) is 6.28. The Hall–Kier alpha value is -2.58. The largest absolute Gasteiger partial charge is 0.493 e. The number of sulfone groups is 1. The smallest absolute Gasteiger partial charge is 0.264 e. The summed E-state index contributed by atoms with van der Waals surface area (Å²) in [6, 6.07) is 16.1. The molecule has 0 aliphatic rings. The summed E-state index contributed by atoms with van der Waals surface area (Å²) in [5, 5.41) is 1.28. The van der Waals surface area contributed by atoms with E-state index in [1.807, 2.05) is 19.1 Å². The SMILES string of the molecule is CCOc1ccc(S(=O)(=O)N(C)c2ccc(S(C)(=O)=O)cc2)c2ccccc12. The zero-order valence-electron chi connectivity index (χ0n) is 15.8. The van der Waals surface area contributed by atoms with Gasteiger partial charge in [-0.3, -0.25) is 4.31 Å². The van der Waals surface area contributed by atoms with Crippen molar-refractivity contribution in [2.24, 2.45) is 0 Å². The van der Waals surface area contributed by atoms with Crippen LogP contribution in [-0.4, -0.2) is 36.7 Å². The number of nitrogens with zero attached hydrogens (tertiary/aromatic N) is 1. The average Bonchev–Trinajstić information content (AvgIpc) is 2.67. The molecule has 6 nitrogen and oxygen atoms in total. The van der Waals surface area contributed by atoms with Crippen LogP contribution in [0.4, 0.5) is 5.69 Å². The lowest BCUT2D eigenvalue weighted by Crippen LogP contribution is -2.26. The minimum Gasteiger partial charge on any atom is -0.493 e. The van der Waals surface area contributed by atoms with Gasteiger partial charge >= 0.3 is 0 Å². The average molecular weight is 420 g/mol. The molecule has 0 radical (unpaired) electrons. The van der Waals surface area contributed by atoms with Crippen LogP contribution in [0.15, 0.2) is 70.5 Å². The van der Waals surface area contributed by atoms with E-state index in [2.05, 4.69) is 0 Å². The molecule has 0 aliphatic heterocycles. The molecule has 0 heterocycles. The minimum atomic E-state index is -3.87. The van der Waals surface area contributed by atoms with E-state index in [-0.39, 0.29) is 9.79 Å². The van der Waals surface area contributed by atoms with Gasteiger partial charge in [-0.15, -0.1) is 0 Å². The lowest BCUT2D eigenvalue weighted by molar-refractivity contribution is 0.344. The van der Waals surface area contributed by atoms with Gasteiger partial charge in [-0.05, 0) is 43.3 Å². The van der Waals surface area contributed by atoms with Gasteiger partial charge in [0.1, 0.15) is 5.75 Å². The Balaban J connectivity index is 2.09. The Morgan fingerprint density at radius 2 is 1.46 bits per heavy atom. The third-order valence-corrected chi connectivity index (χ3v) is 7.38. The fourth-order valence-electron chi connectivity index (χ4n) is 2.94. The van der Waals surface area contributed by atoms with Crippen LogP contribution in [0.5, 0.6) is 5.75 Å². The minimum absolute atomic E-state index is 0.133. The molecule has 3 rings (SSSR count).